The molecule has 11 heavy (non-hydrogen) atoms. The zero-order chi connectivity index (χ0) is 7.84. The Morgan fingerprint density at radius 1 is 1.36 bits per heavy atom. The molecule has 60 valence electrons. The van der Waals surface area contributed by atoms with E-state index in [0.29, 0.717) is 6.04 Å². The van der Waals surface area contributed by atoms with Crippen LogP contribution in [-0.4, -0.2) is 6.04 Å². The van der Waals surface area contributed by atoms with Crippen molar-refractivity contribution in [3.8, 4) is 0 Å². The molecule has 0 aromatic rings. The number of nitrogens with two attached hydrogens (primary N) is 1. The van der Waals surface area contributed by atoms with Gasteiger partial charge in [0.2, 0.25) is 0 Å². The Morgan fingerprint density at radius 3 is 3.00 bits per heavy atom. The highest BCUT2D eigenvalue weighted by Crippen LogP contribution is 2.38. The second kappa shape index (κ2) is 2.76. The molecule has 0 saturated heterocycles. The van der Waals surface area contributed by atoms with Gasteiger partial charge in [-0.05, 0) is 29.7 Å². The molecule has 2 aliphatic carbocycles. The maximum absolute atomic E-state index is 5.92. The molecule has 0 spiro atoms. The van der Waals surface area contributed by atoms with Gasteiger partial charge >= 0.3 is 0 Å². The van der Waals surface area contributed by atoms with Gasteiger partial charge in [-0.15, -0.1) is 0 Å². The van der Waals surface area contributed by atoms with Gasteiger partial charge in [-0.2, -0.15) is 0 Å². The third-order valence-corrected chi connectivity index (χ3v) is 3.21. The first-order valence-corrected chi connectivity index (χ1v) is 4.88. The summed E-state index contributed by atoms with van der Waals surface area (Å²) in [6.07, 6.45) is 7.94. The number of allylic oxidation sites excluding steroid dienone is 3. The molecule has 2 unspecified atom stereocenters. The molecule has 0 heterocycles. The normalized spacial score (nSPS) is 36.2. The van der Waals surface area contributed by atoms with Crippen molar-refractivity contribution in [3.05, 3.63) is 22.2 Å². The van der Waals surface area contributed by atoms with E-state index in [-0.39, 0.29) is 0 Å². The summed E-state index contributed by atoms with van der Waals surface area (Å²) in [6.45, 7) is 0. The molecule has 0 aromatic carbocycles. The van der Waals surface area contributed by atoms with Crippen molar-refractivity contribution in [2.45, 2.75) is 25.3 Å². The molecule has 2 atom stereocenters. The molecular formula is C9H12BrN. The van der Waals surface area contributed by atoms with Crippen LogP contribution in [0.1, 0.15) is 19.3 Å². The van der Waals surface area contributed by atoms with Gasteiger partial charge in [-0.3, -0.25) is 0 Å². The predicted octanol–water partition coefficient (Wildman–Crippen LogP) is 2.33. The van der Waals surface area contributed by atoms with Crippen LogP contribution in [0.5, 0.6) is 0 Å². The van der Waals surface area contributed by atoms with E-state index in [9.17, 15) is 0 Å². The van der Waals surface area contributed by atoms with E-state index >= 15 is 0 Å². The minimum Gasteiger partial charge on any atom is -0.324 e. The quantitative estimate of drug-likeness (QED) is 0.658. The minimum absolute atomic E-state index is 0.344. The van der Waals surface area contributed by atoms with Crippen molar-refractivity contribution in [2.24, 2.45) is 11.7 Å². The van der Waals surface area contributed by atoms with Crippen molar-refractivity contribution < 1.29 is 0 Å². The third kappa shape index (κ3) is 1.30. The van der Waals surface area contributed by atoms with Crippen molar-refractivity contribution in [2.75, 3.05) is 0 Å². The summed E-state index contributed by atoms with van der Waals surface area (Å²) in [4.78, 5) is 0. The third-order valence-electron chi connectivity index (χ3n) is 2.62. The van der Waals surface area contributed by atoms with Crippen LogP contribution in [0, 0.1) is 5.92 Å². The van der Waals surface area contributed by atoms with Crippen molar-refractivity contribution in [3.63, 3.8) is 0 Å². The van der Waals surface area contributed by atoms with E-state index in [1.807, 2.05) is 0 Å². The highest BCUT2D eigenvalue weighted by atomic mass is 79.9. The summed E-state index contributed by atoms with van der Waals surface area (Å²) in [5.74, 6) is 0.740. The van der Waals surface area contributed by atoms with Gasteiger partial charge in [0.15, 0.2) is 0 Å². The lowest BCUT2D eigenvalue weighted by Crippen LogP contribution is -2.19. The fourth-order valence-electron chi connectivity index (χ4n) is 1.99. The maximum atomic E-state index is 5.92. The first kappa shape index (κ1) is 7.56. The Morgan fingerprint density at radius 2 is 2.18 bits per heavy atom. The van der Waals surface area contributed by atoms with E-state index in [1.165, 1.54) is 29.3 Å². The van der Waals surface area contributed by atoms with Crippen LogP contribution in [0.4, 0.5) is 0 Å². The van der Waals surface area contributed by atoms with Crippen LogP contribution >= 0.6 is 15.9 Å². The largest absolute Gasteiger partial charge is 0.324 e. The highest BCUT2D eigenvalue weighted by Gasteiger charge is 2.28. The first-order chi connectivity index (χ1) is 5.27. The number of hydrogen-bond donors (Lipinski definition) is 1. The zero-order valence-corrected chi connectivity index (χ0v) is 7.97. The maximum Gasteiger partial charge on any atom is 0.0259 e. The Balaban J connectivity index is 2.25. The van der Waals surface area contributed by atoms with Crippen LogP contribution in [0.3, 0.4) is 0 Å². The van der Waals surface area contributed by atoms with Gasteiger partial charge in [-0.1, -0.05) is 33.7 Å². The Labute approximate surface area is 75.5 Å². The van der Waals surface area contributed by atoms with Crippen LogP contribution in [0.2, 0.25) is 0 Å². The van der Waals surface area contributed by atoms with Crippen molar-refractivity contribution in [1.82, 2.24) is 0 Å². The lowest BCUT2D eigenvalue weighted by Gasteiger charge is -2.17. The average molecular weight is 214 g/mol. The molecule has 2 aliphatic rings. The topological polar surface area (TPSA) is 26.0 Å². The molecular weight excluding hydrogens is 202 g/mol. The van der Waals surface area contributed by atoms with Crippen LogP contribution in [0.25, 0.3) is 0 Å². The lowest BCUT2D eigenvalue weighted by atomic mass is 9.94. The molecule has 2 rings (SSSR count). The van der Waals surface area contributed by atoms with Gasteiger partial charge in [-0.25, -0.2) is 0 Å². The van der Waals surface area contributed by atoms with Gasteiger partial charge in [0.25, 0.3) is 0 Å². The molecule has 1 fully saturated rings. The molecule has 0 radical (unpaired) electrons. The van der Waals surface area contributed by atoms with Crippen LogP contribution < -0.4 is 5.73 Å². The SMILES string of the molecule is NC1CCC2CC(Br)=CC=C12. The molecule has 2 N–H and O–H groups in total. The molecule has 2 heteroatoms. The van der Waals surface area contributed by atoms with Gasteiger partial charge < -0.3 is 5.73 Å². The van der Waals surface area contributed by atoms with E-state index < -0.39 is 0 Å². The van der Waals surface area contributed by atoms with Crippen LogP contribution in [0.15, 0.2) is 22.2 Å². The van der Waals surface area contributed by atoms with Gasteiger partial charge in [0.1, 0.15) is 0 Å². The average Bonchev–Trinajstić information content (AvgIpc) is 2.32. The molecule has 0 aliphatic heterocycles. The van der Waals surface area contributed by atoms with E-state index in [0.717, 1.165) is 5.92 Å². The Bertz CT molecular complexity index is 230. The summed E-state index contributed by atoms with van der Waals surface area (Å²) < 4.78 is 1.32. The summed E-state index contributed by atoms with van der Waals surface area (Å²) >= 11 is 3.52. The monoisotopic (exact) mass is 213 g/mol. The van der Waals surface area contributed by atoms with E-state index in [1.54, 1.807) is 0 Å². The fraction of sp³-hybridized carbons (Fsp3) is 0.556. The molecule has 0 bridgehead atoms. The number of hydrogen-bond acceptors (Lipinski definition) is 1. The van der Waals surface area contributed by atoms with Crippen molar-refractivity contribution >= 4 is 15.9 Å². The molecule has 1 nitrogen and oxygen atoms in total. The smallest absolute Gasteiger partial charge is 0.0259 e. The number of halogens is 1. The lowest BCUT2D eigenvalue weighted by molar-refractivity contribution is 0.629. The zero-order valence-electron chi connectivity index (χ0n) is 6.39. The number of fused-ring (bicyclic) bond motifs is 1. The summed E-state index contributed by atoms with van der Waals surface area (Å²) in [6, 6.07) is 0.344. The summed E-state index contributed by atoms with van der Waals surface area (Å²) in [5.41, 5.74) is 7.39. The second-order valence-corrected chi connectivity index (χ2v) is 4.38. The predicted molar refractivity (Wildman–Crippen MR) is 50.4 cm³/mol. The molecule has 1 saturated carbocycles. The van der Waals surface area contributed by atoms with Crippen LogP contribution in [-0.2, 0) is 0 Å². The van der Waals surface area contributed by atoms with Gasteiger partial charge in [0.05, 0.1) is 0 Å². The molecule has 0 amide bonds. The van der Waals surface area contributed by atoms with Crippen molar-refractivity contribution in [1.29, 1.82) is 0 Å². The Hall–Kier alpha value is -0.0800. The minimum atomic E-state index is 0.344. The standard InChI is InChI=1S/C9H12BrN/c10-7-2-3-8-6(5-7)1-4-9(8)11/h2-3,6,9H,1,4-5,11H2. The fourth-order valence-corrected chi connectivity index (χ4v) is 2.51. The van der Waals surface area contributed by atoms with Gasteiger partial charge in [0, 0.05) is 6.04 Å². The van der Waals surface area contributed by atoms with E-state index in [4.69, 9.17) is 5.73 Å². The summed E-state index contributed by atoms with van der Waals surface area (Å²) in [7, 11) is 0. The van der Waals surface area contributed by atoms with E-state index in [2.05, 4.69) is 28.1 Å². The summed E-state index contributed by atoms with van der Waals surface area (Å²) in [5, 5.41) is 0. The highest BCUT2D eigenvalue weighted by molar-refractivity contribution is 9.11. The second-order valence-electron chi connectivity index (χ2n) is 3.37. The first-order valence-electron chi connectivity index (χ1n) is 4.09. The Kier molecular flexibility index (Phi) is 1.90. The molecule has 0 aromatic heterocycles. The number of rotatable bonds is 0.